The number of alkyl halides is 6. The fourth-order valence-electron chi connectivity index (χ4n) is 2.34. The second-order valence-electron chi connectivity index (χ2n) is 6.15. The maximum Gasteiger partial charge on any atom is 0.491 e. The molecule has 0 amide bonds. The molecule has 2 rings (SSSR count). The molecule has 0 atom stereocenters. The van der Waals surface area contributed by atoms with E-state index in [9.17, 15) is 45.8 Å². The van der Waals surface area contributed by atoms with Gasteiger partial charge in [-0.1, -0.05) is 0 Å². The lowest BCUT2D eigenvalue weighted by Gasteiger charge is -2.23. The van der Waals surface area contributed by atoms with Crippen LogP contribution in [-0.4, -0.2) is 42.0 Å². The molecule has 1 saturated carbocycles. The minimum Gasteiger partial charge on any atom is -0.511 e. The van der Waals surface area contributed by atoms with Gasteiger partial charge in [0.05, 0.1) is 12.2 Å². The summed E-state index contributed by atoms with van der Waals surface area (Å²) in [6.07, 6.45) is -9.05. The Hall–Kier alpha value is -2.99. The molecule has 1 N–H and O–H groups in total. The summed E-state index contributed by atoms with van der Waals surface area (Å²) >= 11 is 0. The molecule has 0 unspecified atom stereocenters. The largest absolute Gasteiger partial charge is 0.511 e. The molecule has 2 aliphatic rings. The summed E-state index contributed by atoms with van der Waals surface area (Å²) in [6, 6.07) is 0. The van der Waals surface area contributed by atoms with E-state index in [2.05, 4.69) is 14.2 Å². The minimum atomic E-state index is -5.50. The van der Waals surface area contributed by atoms with Crippen molar-refractivity contribution in [2.75, 3.05) is 6.61 Å². The van der Waals surface area contributed by atoms with Crippen molar-refractivity contribution in [2.24, 2.45) is 11.8 Å². The van der Waals surface area contributed by atoms with Crippen LogP contribution in [0.3, 0.4) is 0 Å². The van der Waals surface area contributed by atoms with E-state index in [1.165, 1.54) is 6.92 Å². The summed E-state index contributed by atoms with van der Waals surface area (Å²) in [6.45, 7) is 1.19. The number of ether oxygens (including phenoxy) is 3. The van der Waals surface area contributed by atoms with Gasteiger partial charge in [-0.2, -0.15) is 26.3 Å². The van der Waals surface area contributed by atoms with Crippen LogP contribution in [-0.2, 0) is 28.6 Å². The average molecular weight is 444 g/mol. The number of halogens is 6. The molecule has 0 aromatic heterocycles. The van der Waals surface area contributed by atoms with Crippen molar-refractivity contribution in [3.05, 3.63) is 35.0 Å². The van der Waals surface area contributed by atoms with E-state index in [-0.39, 0.29) is 6.61 Å². The molecule has 30 heavy (non-hydrogen) atoms. The van der Waals surface area contributed by atoms with E-state index in [1.807, 2.05) is 0 Å². The highest BCUT2D eigenvalue weighted by atomic mass is 19.4. The van der Waals surface area contributed by atoms with Crippen LogP contribution in [0.4, 0.5) is 26.3 Å². The van der Waals surface area contributed by atoms with E-state index < -0.39 is 64.9 Å². The number of hydrogen-bond acceptors (Lipinski definition) is 7. The molecule has 1 fully saturated rings. The van der Waals surface area contributed by atoms with Crippen molar-refractivity contribution in [3.63, 3.8) is 0 Å². The molecule has 0 bridgehead atoms. The standard InChI is InChI=1S/C17H14F6O7/c1-2-28-13(25)8-5-9(29-14(26)16(18,19)20)11(12(24)7-3-4-7)10(6-8)30-15(27)17(21,22)23/h5-8,24H,2-4H2,1H3. The Kier molecular flexibility index (Phi) is 6.52. The van der Waals surface area contributed by atoms with Crippen LogP contribution < -0.4 is 0 Å². The predicted octanol–water partition coefficient (Wildman–Crippen LogP) is 3.38. The van der Waals surface area contributed by atoms with Crippen molar-refractivity contribution in [3.8, 4) is 0 Å². The second kappa shape index (κ2) is 8.40. The molecule has 166 valence electrons. The van der Waals surface area contributed by atoms with E-state index >= 15 is 0 Å². The van der Waals surface area contributed by atoms with Gasteiger partial charge in [0.2, 0.25) is 0 Å². The Balaban J connectivity index is 2.54. The van der Waals surface area contributed by atoms with E-state index in [4.69, 9.17) is 0 Å². The van der Waals surface area contributed by atoms with Crippen LogP contribution in [0.2, 0.25) is 0 Å². The topological polar surface area (TPSA) is 99.1 Å². The number of carbonyl (C=O) groups is 3. The lowest BCUT2D eigenvalue weighted by Crippen LogP contribution is -2.30. The monoisotopic (exact) mass is 444 g/mol. The summed E-state index contributed by atoms with van der Waals surface area (Å²) in [5.41, 5.74) is -0.867. The molecule has 0 aliphatic heterocycles. The normalized spacial score (nSPS) is 19.4. The van der Waals surface area contributed by atoms with Gasteiger partial charge in [0.25, 0.3) is 0 Å². The van der Waals surface area contributed by atoms with Crippen molar-refractivity contribution in [1.29, 1.82) is 0 Å². The number of rotatable bonds is 5. The predicted molar refractivity (Wildman–Crippen MR) is 83.0 cm³/mol. The third-order valence-corrected chi connectivity index (χ3v) is 3.80. The van der Waals surface area contributed by atoms with Gasteiger partial charge < -0.3 is 19.3 Å². The maximum absolute atomic E-state index is 12.6. The molecule has 0 aromatic rings. The number of esters is 3. The first-order chi connectivity index (χ1) is 13.8. The van der Waals surface area contributed by atoms with Gasteiger partial charge in [0.1, 0.15) is 23.2 Å². The van der Waals surface area contributed by atoms with Gasteiger partial charge in [-0.05, 0) is 31.9 Å². The van der Waals surface area contributed by atoms with Gasteiger partial charge in [-0.15, -0.1) is 0 Å². The highest BCUT2D eigenvalue weighted by Crippen LogP contribution is 2.43. The van der Waals surface area contributed by atoms with Crippen LogP contribution >= 0.6 is 0 Å². The fraction of sp³-hybridized carbons (Fsp3) is 0.471. The molecule has 0 spiro atoms. The van der Waals surface area contributed by atoms with E-state index in [0.717, 1.165) is 0 Å². The molecule has 0 radical (unpaired) electrons. The summed E-state index contributed by atoms with van der Waals surface area (Å²) < 4.78 is 88.7. The molecule has 13 heteroatoms. The Morgan fingerprint density at radius 1 is 0.967 bits per heavy atom. The van der Waals surface area contributed by atoms with Crippen LogP contribution in [0.5, 0.6) is 0 Å². The van der Waals surface area contributed by atoms with Crippen molar-refractivity contribution < 1.29 is 60.0 Å². The zero-order valence-corrected chi connectivity index (χ0v) is 15.1. The lowest BCUT2D eigenvalue weighted by atomic mass is 9.94. The van der Waals surface area contributed by atoms with Crippen LogP contribution in [0, 0.1) is 11.8 Å². The molecule has 0 aromatic carbocycles. The third-order valence-electron chi connectivity index (χ3n) is 3.80. The zero-order valence-electron chi connectivity index (χ0n) is 15.1. The molecular formula is C17H14F6O7. The highest BCUT2D eigenvalue weighted by Gasteiger charge is 2.46. The molecule has 0 saturated heterocycles. The lowest BCUT2D eigenvalue weighted by molar-refractivity contribution is -0.196. The van der Waals surface area contributed by atoms with Gasteiger partial charge >= 0.3 is 30.3 Å². The SMILES string of the molecule is CCOC(=O)C1C=C(OC(=O)C(F)(F)F)C(=C(O)C2CC2)C(OC(=O)C(F)(F)F)=C1. The zero-order chi connectivity index (χ0) is 22.9. The van der Waals surface area contributed by atoms with Crippen LogP contribution in [0.15, 0.2) is 35.0 Å². The van der Waals surface area contributed by atoms with Gasteiger partial charge in [0, 0.05) is 5.92 Å². The smallest absolute Gasteiger partial charge is 0.491 e. The van der Waals surface area contributed by atoms with Gasteiger partial charge in [-0.3, -0.25) is 4.79 Å². The molecule has 2 aliphatic carbocycles. The number of aliphatic hydroxyl groups is 1. The minimum absolute atomic E-state index is 0.192. The van der Waals surface area contributed by atoms with E-state index in [0.29, 0.717) is 25.0 Å². The first kappa shape index (κ1) is 23.3. The maximum atomic E-state index is 12.6. The number of carbonyl (C=O) groups excluding carboxylic acids is 3. The Bertz CT molecular complexity index is 783. The molecular weight excluding hydrogens is 430 g/mol. The summed E-state index contributed by atoms with van der Waals surface area (Å²) in [7, 11) is 0. The number of allylic oxidation sites excluding steroid dienone is 1. The van der Waals surface area contributed by atoms with Crippen molar-refractivity contribution >= 4 is 17.9 Å². The molecule has 0 heterocycles. The quantitative estimate of drug-likeness (QED) is 0.300. The van der Waals surface area contributed by atoms with Crippen molar-refractivity contribution in [2.45, 2.75) is 32.1 Å². The van der Waals surface area contributed by atoms with Crippen molar-refractivity contribution in [1.82, 2.24) is 0 Å². The summed E-state index contributed by atoms with van der Waals surface area (Å²) in [5, 5.41) is 10.3. The third kappa shape index (κ3) is 5.54. The Labute approximate surface area is 164 Å². The first-order valence-electron chi connectivity index (χ1n) is 8.37. The van der Waals surface area contributed by atoms with Crippen LogP contribution in [0.25, 0.3) is 0 Å². The number of hydrogen-bond donors (Lipinski definition) is 1. The summed E-state index contributed by atoms with van der Waals surface area (Å²) in [5.74, 6) is -11.9. The summed E-state index contributed by atoms with van der Waals surface area (Å²) in [4.78, 5) is 34.5. The van der Waals surface area contributed by atoms with Gasteiger partial charge in [-0.25, -0.2) is 9.59 Å². The first-order valence-corrected chi connectivity index (χ1v) is 8.37. The molecule has 7 nitrogen and oxygen atoms in total. The number of aliphatic hydroxyl groups excluding tert-OH is 1. The Morgan fingerprint density at radius 3 is 1.73 bits per heavy atom. The fourth-order valence-corrected chi connectivity index (χ4v) is 2.34. The second-order valence-corrected chi connectivity index (χ2v) is 6.15. The van der Waals surface area contributed by atoms with Gasteiger partial charge in [0.15, 0.2) is 0 Å². The average Bonchev–Trinajstić information content (AvgIpc) is 3.44. The Morgan fingerprint density at radius 2 is 1.40 bits per heavy atom. The highest BCUT2D eigenvalue weighted by molar-refractivity contribution is 5.82. The van der Waals surface area contributed by atoms with E-state index in [1.54, 1.807) is 0 Å². The van der Waals surface area contributed by atoms with Crippen LogP contribution in [0.1, 0.15) is 19.8 Å².